The topological polar surface area (TPSA) is 42.7 Å². The molecule has 0 spiro atoms. The molecule has 20 heavy (non-hydrogen) atoms. The molecule has 0 fully saturated rings. The summed E-state index contributed by atoms with van der Waals surface area (Å²) in [7, 11) is 0. The third-order valence-electron chi connectivity index (χ3n) is 2.95. The minimum Gasteiger partial charge on any atom is -0.311 e. The Hall–Kier alpha value is -1.27. The van der Waals surface area contributed by atoms with Crippen molar-refractivity contribution in [1.82, 2.24) is 20.3 Å². The van der Waals surface area contributed by atoms with Gasteiger partial charge in [-0.2, -0.15) is 0 Å². The summed E-state index contributed by atoms with van der Waals surface area (Å²) >= 11 is 3.19. The van der Waals surface area contributed by atoms with Crippen molar-refractivity contribution < 1.29 is 4.39 Å². The molecule has 2 aromatic rings. The van der Waals surface area contributed by atoms with Crippen molar-refractivity contribution in [3.8, 4) is 5.69 Å². The zero-order valence-electron chi connectivity index (χ0n) is 11.8. The second-order valence-corrected chi connectivity index (χ2v) is 6.07. The van der Waals surface area contributed by atoms with Crippen LogP contribution < -0.4 is 5.32 Å². The van der Waals surface area contributed by atoms with Crippen molar-refractivity contribution in [2.45, 2.75) is 27.3 Å². The Labute approximate surface area is 126 Å². The van der Waals surface area contributed by atoms with Gasteiger partial charge < -0.3 is 5.32 Å². The molecule has 6 heteroatoms. The molecule has 0 amide bonds. The number of aryl methyl sites for hydroxylation is 1. The quantitative estimate of drug-likeness (QED) is 0.908. The number of rotatable bonds is 5. The van der Waals surface area contributed by atoms with Gasteiger partial charge in [0.15, 0.2) is 0 Å². The fraction of sp³-hybridized carbons (Fsp3) is 0.429. The van der Waals surface area contributed by atoms with Gasteiger partial charge in [0.1, 0.15) is 5.82 Å². The van der Waals surface area contributed by atoms with E-state index < -0.39 is 0 Å². The predicted molar refractivity (Wildman–Crippen MR) is 80.3 cm³/mol. The molecule has 0 atom stereocenters. The van der Waals surface area contributed by atoms with Crippen molar-refractivity contribution in [2.75, 3.05) is 6.54 Å². The van der Waals surface area contributed by atoms with Crippen LogP contribution >= 0.6 is 15.9 Å². The lowest BCUT2D eigenvalue weighted by molar-refractivity contribution is 0.541. The molecule has 0 aliphatic carbocycles. The fourth-order valence-electron chi connectivity index (χ4n) is 1.93. The molecular weight excluding hydrogens is 323 g/mol. The van der Waals surface area contributed by atoms with Gasteiger partial charge in [0, 0.05) is 12.6 Å². The summed E-state index contributed by atoms with van der Waals surface area (Å²) in [4.78, 5) is 0. The SMILES string of the molecule is Cc1cc(Br)c(F)cc1-n1nncc1CNCC(C)C. The molecule has 1 aromatic heterocycles. The number of halogens is 2. The van der Waals surface area contributed by atoms with Gasteiger partial charge >= 0.3 is 0 Å². The van der Waals surface area contributed by atoms with Crippen LogP contribution in [0.2, 0.25) is 0 Å². The lowest BCUT2D eigenvalue weighted by Gasteiger charge is -2.11. The molecule has 0 saturated heterocycles. The minimum absolute atomic E-state index is 0.304. The standard InChI is InChI=1S/C14H18BrFN4/c1-9(2)6-17-7-11-8-18-19-20(11)14-5-13(16)12(15)4-10(14)3/h4-5,8-9,17H,6-7H2,1-3H3. The molecule has 1 N–H and O–H groups in total. The summed E-state index contributed by atoms with van der Waals surface area (Å²) in [5, 5.41) is 11.3. The number of aromatic nitrogens is 3. The van der Waals surface area contributed by atoms with Crippen molar-refractivity contribution in [3.63, 3.8) is 0 Å². The largest absolute Gasteiger partial charge is 0.311 e. The third kappa shape index (κ3) is 3.43. The monoisotopic (exact) mass is 340 g/mol. The van der Waals surface area contributed by atoms with Gasteiger partial charge in [0.25, 0.3) is 0 Å². The Morgan fingerprint density at radius 3 is 2.85 bits per heavy atom. The van der Waals surface area contributed by atoms with E-state index in [4.69, 9.17) is 0 Å². The van der Waals surface area contributed by atoms with Gasteiger partial charge in [-0.1, -0.05) is 19.1 Å². The number of nitrogens with one attached hydrogen (secondary N) is 1. The average molecular weight is 341 g/mol. The van der Waals surface area contributed by atoms with Crippen LogP contribution in [-0.4, -0.2) is 21.5 Å². The first kappa shape index (κ1) is 15.1. The van der Waals surface area contributed by atoms with Crippen LogP contribution in [0.25, 0.3) is 5.69 Å². The third-order valence-corrected chi connectivity index (χ3v) is 3.55. The van der Waals surface area contributed by atoms with Crippen LogP contribution in [0.3, 0.4) is 0 Å². The summed E-state index contributed by atoms with van der Waals surface area (Å²) in [6.45, 7) is 7.79. The van der Waals surface area contributed by atoms with Crippen LogP contribution in [-0.2, 0) is 6.54 Å². The molecule has 0 bridgehead atoms. The van der Waals surface area contributed by atoms with Gasteiger partial charge in [-0.15, -0.1) is 5.10 Å². The maximum absolute atomic E-state index is 13.7. The molecule has 0 aliphatic heterocycles. The van der Waals surface area contributed by atoms with Crippen molar-refractivity contribution >= 4 is 15.9 Å². The van der Waals surface area contributed by atoms with Gasteiger partial charge in [0.05, 0.1) is 22.1 Å². The molecule has 4 nitrogen and oxygen atoms in total. The van der Waals surface area contributed by atoms with E-state index in [1.54, 1.807) is 16.9 Å². The highest BCUT2D eigenvalue weighted by atomic mass is 79.9. The summed E-state index contributed by atoms with van der Waals surface area (Å²) in [5.41, 5.74) is 2.56. The highest BCUT2D eigenvalue weighted by Crippen LogP contribution is 2.23. The molecule has 2 rings (SSSR count). The second kappa shape index (κ2) is 6.45. The molecular formula is C14H18BrFN4. The van der Waals surface area contributed by atoms with Gasteiger partial charge in [-0.05, 0) is 46.9 Å². The van der Waals surface area contributed by atoms with E-state index in [-0.39, 0.29) is 5.82 Å². The van der Waals surface area contributed by atoms with Gasteiger partial charge in [-0.3, -0.25) is 0 Å². The Bertz CT molecular complexity index is 595. The fourth-order valence-corrected chi connectivity index (χ4v) is 2.39. The van der Waals surface area contributed by atoms with Crippen molar-refractivity contribution in [2.24, 2.45) is 5.92 Å². The second-order valence-electron chi connectivity index (χ2n) is 5.21. The van der Waals surface area contributed by atoms with E-state index >= 15 is 0 Å². The molecule has 1 heterocycles. The number of benzene rings is 1. The molecule has 0 saturated carbocycles. The maximum Gasteiger partial charge on any atom is 0.139 e. The predicted octanol–water partition coefficient (Wildman–Crippen LogP) is 3.22. The lowest BCUT2D eigenvalue weighted by Crippen LogP contribution is -2.21. The summed E-state index contributed by atoms with van der Waals surface area (Å²) < 4.78 is 15.9. The molecule has 108 valence electrons. The van der Waals surface area contributed by atoms with Crippen molar-refractivity contribution in [1.29, 1.82) is 0 Å². The highest BCUT2D eigenvalue weighted by Gasteiger charge is 2.12. The van der Waals surface area contributed by atoms with E-state index in [1.165, 1.54) is 6.07 Å². The lowest BCUT2D eigenvalue weighted by atomic mass is 10.2. The van der Waals surface area contributed by atoms with E-state index in [1.807, 2.05) is 6.92 Å². The smallest absolute Gasteiger partial charge is 0.139 e. The van der Waals surface area contributed by atoms with E-state index in [0.29, 0.717) is 22.6 Å². The normalized spacial score (nSPS) is 11.3. The Kier molecular flexibility index (Phi) is 4.88. The number of nitrogens with zero attached hydrogens (tertiary/aromatic N) is 3. The van der Waals surface area contributed by atoms with E-state index in [0.717, 1.165) is 17.8 Å². The molecule has 0 aliphatic rings. The number of hydrogen-bond donors (Lipinski definition) is 1. The first-order chi connectivity index (χ1) is 9.49. The Balaban J connectivity index is 2.25. The summed E-state index contributed by atoms with van der Waals surface area (Å²) in [6.07, 6.45) is 1.70. The summed E-state index contributed by atoms with van der Waals surface area (Å²) in [6, 6.07) is 3.22. The Morgan fingerprint density at radius 1 is 1.40 bits per heavy atom. The van der Waals surface area contributed by atoms with Gasteiger partial charge in [0.2, 0.25) is 0 Å². The molecule has 0 unspecified atom stereocenters. The maximum atomic E-state index is 13.7. The minimum atomic E-state index is -0.304. The van der Waals surface area contributed by atoms with E-state index in [9.17, 15) is 4.39 Å². The van der Waals surface area contributed by atoms with Gasteiger partial charge in [-0.25, -0.2) is 9.07 Å². The zero-order valence-corrected chi connectivity index (χ0v) is 13.4. The van der Waals surface area contributed by atoms with Crippen LogP contribution in [0.4, 0.5) is 4.39 Å². The first-order valence-corrected chi connectivity index (χ1v) is 7.34. The van der Waals surface area contributed by atoms with Crippen LogP contribution in [0.1, 0.15) is 25.1 Å². The first-order valence-electron chi connectivity index (χ1n) is 6.55. The van der Waals surface area contributed by atoms with E-state index in [2.05, 4.69) is 45.4 Å². The number of hydrogen-bond acceptors (Lipinski definition) is 3. The van der Waals surface area contributed by atoms with Crippen LogP contribution in [0, 0.1) is 18.7 Å². The molecule has 1 aromatic carbocycles. The average Bonchev–Trinajstić information content (AvgIpc) is 2.81. The van der Waals surface area contributed by atoms with Crippen molar-refractivity contribution in [3.05, 3.63) is 39.9 Å². The van der Waals surface area contributed by atoms with Crippen LogP contribution in [0.15, 0.2) is 22.8 Å². The molecule has 0 radical (unpaired) electrons. The van der Waals surface area contributed by atoms with Crippen LogP contribution in [0.5, 0.6) is 0 Å². The zero-order chi connectivity index (χ0) is 14.7. The Morgan fingerprint density at radius 2 is 2.15 bits per heavy atom. The highest BCUT2D eigenvalue weighted by molar-refractivity contribution is 9.10. The summed E-state index contributed by atoms with van der Waals surface area (Å²) in [5.74, 6) is 0.272.